The molecular weight excluding hydrogens is 254 g/mol. The molecule has 0 radical (unpaired) electrons. The van der Waals surface area contributed by atoms with Crippen LogP contribution in [-0.4, -0.2) is 14.2 Å². The largest absolute Gasteiger partial charge is 0.496 e. The van der Waals surface area contributed by atoms with Crippen LogP contribution in [0.15, 0.2) is 35.0 Å². The van der Waals surface area contributed by atoms with Gasteiger partial charge in [0.25, 0.3) is 0 Å². The van der Waals surface area contributed by atoms with Gasteiger partial charge in [0.15, 0.2) is 0 Å². The fourth-order valence-electron chi connectivity index (χ4n) is 1.86. The molecule has 1 atom stereocenters. The number of ether oxygens (including phenoxy) is 1. The van der Waals surface area contributed by atoms with Crippen LogP contribution in [0.1, 0.15) is 17.2 Å². The van der Waals surface area contributed by atoms with Crippen LogP contribution in [0.3, 0.4) is 0 Å². The van der Waals surface area contributed by atoms with Crippen LogP contribution in [0.25, 0.3) is 0 Å². The van der Waals surface area contributed by atoms with E-state index in [9.17, 15) is 0 Å². The van der Waals surface area contributed by atoms with Gasteiger partial charge < -0.3 is 10.1 Å². The Morgan fingerprint density at radius 1 is 1.35 bits per heavy atom. The highest BCUT2D eigenvalue weighted by molar-refractivity contribution is 7.08. The van der Waals surface area contributed by atoms with E-state index >= 15 is 0 Å². The minimum absolute atomic E-state index is 0.133. The lowest BCUT2D eigenvalue weighted by Crippen LogP contribution is -2.17. The molecular formula is C13H14ClNOS. The number of nitrogens with one attached hydrogen (secondary N) is 1. The zero-order valence-corrected chi connectivity index (χ0v) is 11.3. The number of benzene rings is 1. The number of hydrogen-bond donors (Lipinski definition) is 1. The number of methoxy groups -OCH3 is 1. The maximum absolute atomic E-state index is 5.97. The van der Waals surface area contributed by atoms with Crippen molar-refractivity contribution in [1.82, 2.24) is 5.32 Å². The van der Waals surface area contributed by atoms with Gasteiger partial charge in [-0.1, -0.05) is 17.7 Å². The molecule has 0 saturated heterocycles. The summed E-state index contributed by atoms with van der Waals surface area (Å²) in [5, 5.41) is 8.19. The van der Waals surface area contributed by atoms with Gasteiger partial charge in [-0.2, -0.15) is 11.3 Å². The standard InChI is InChI=1S/C13H14ClNOS/c1-15-13(9-5-6-17-8-9)11-4-3-10(14)7-12(11)16-2/h3-8,13,15H,1-2H3. The van der Waals surface area contributed by atoms with Crippen molar-refractivity contribution in [2.24, 2.45) is 0 Å². The van der Waals surface area contributed by atoms with Gasteiger partial charge in [0.05, 0.1) is 13.2 Å². The fraction of sp³-hybridized carbons (Fsp3) is 0.231. The van der Waals surface area contributed by atoms with Gasteiger partial charge in [-0.3, -0.25) is 0 Å². The van der Waals surface area contributed by atoms with Crippen molar-refractivity contribution in [2.75, 3.05) is 14.2 Å². The van der Waals surface area contributed by atoms with E-state index in [-0.39, 0.29) is 6.04 Å². The van der Waals surface area contributed by atoms with Gasteiger partial charge in [-0.15, -0.1) is 0 Å². The predicted octanol–water partition coefficient (Wildman–Crippen LogP) is 3.72. The van der Waals surface area contributed by atoms with E-state index in [1.165, 1.54) is 5.56 Å². The molecule has 1 unspecified atom stereocenters. The van der Waals surface area contributed by atoms with Crippen LogP contribution in [0.2, 0.25) is 5.02 Å². The van der Waals surface area contributed by atoms with Gasteiger partial charge >= 0.3 is 0 Å². The molecule has 2 rings (SSSR count). The van der Waals surface area contributed by atoms with Crippen LogP contribution < -0.4 is 10.1 Å². The van der Waals surface area contributed by atoms with E-state index in [1.54, 1.807) is 18.4 Å². The Morgan fingerprint density at radius 2 is 2.18 bits per heavy atom. The van der Waals surface area contributed by atoms with Crippen molar-refractivity contribution in [3.63, 3.8) is 0 Å². The molecule has 0 amide bonds. The maximum atomic E-state index is 5.97. The predicted molar refractivity (Wildman–Crippen MR) is 73.2 cm³/mol. The van der Waals surface area contributed by atoms with Crippen LogP contribution in [0.5, 0.6) is 5.75 Å². The van der Waals surface area contributed by atoms with Gasteiger partial charge in [0, 0.05) is 10.6 Å². The summed E-state index contributed by atoms with van der Waals surface area (Å²) in [6, 6.07) is 7.97. The minimum atomic E-state index is 0.133. The summed E-state index contributed by atoms with van der Waals surface area (Å²) in [7, 11) is 3.60. The first kappa shape index (κ1) is 12.4. The summed E-state index contributed by atoms with van der Waals surface area (Å²) in [4.78, 5) is 0. The minimum Gasteiger partial charge on any atom is -0.496 e. The topological polar surface area (TPSA) is 21.3 Å². The first-order chi connectivity index (χ1) is 8.26. The van der Waals surface area contributed by atoms with E-state index in [0.29, 0.717) is 5.02 Å². The summed E-state index contributed by atoms with van der Waals surface area (Å²) in [5.74, 6) is 0.808. The Bertz CT molecular complexity index is 484. The van der Waals surface area contributed by atoms with Crippen molar-refractivity contribution < 1.29 is 4.74 Å². The molecule has 0 aliphatic heterocycles. The molecule has 1 aromatic carbocycles. The first-order valence-electron chi connectivity index (χ1n) is 5.29. The van der Waals surface area contributed by atoms with Gasteiger partial charge in [0.1, 0.15) is 5.75 Å². The highest BCUT2D eigenvalue weighted by atomic mass is 35.5. The number of thiophene rings is 1. The SMILES string of the molecule is CNC(c1ccsc1)c1ccc(Cl)cc1OC. The number of halogens is 1. The fourth-order valence-corrected chi connectivity index (χ4v) is 2.71. The second kappa shape index (κ2) is 5.54. The Morgan fingerprint density at radius 3 is 2.76 bits per heavy atom. The van der Waals surface area contributed by atoms with E-state index in [2.05, 4.69) is 22.1 Å². The third-order valence-corrected chi connectivity index (χ3v) is 3.61. The molecule has 90 valence electrons. The van der Waals surface area contributed by atoms with Gasteiger partial charge in [0.2, 0.25) is 0 Å². The summed E-state index contributed by atoms with van der Waals surface area (Å²) >= 11 is 7.66. The lowest BCUT2D eigenvalue weighted by atomic mass is 10.0. The highest BCUT2D eigenvalue weighted by Gasteiger charge is 2.16. The number of rotatable bonds is 4. The van der Waals surface area contributed by atoms with Gasteiger partial charge in [-0.25, -0.2) is 0 Å². The Balaban J connectivity index is 2.44. The average Bonchev–Trinajstić information content (AvgIpc) is 2.85. The Kier molecular flexibility index (Phi) is 4.05. The lowest BCUT2D eigenvalue weighted by Gasteiger charge is -2.18. The zero-order valence-electron chi connectivity index (χ0n) is 9.74. The molecule has 2 aromatic rings. The van der Waals surface area contributed by atoms with E-state index in [4.69, 9.17) is 16.3 Å². The van der Waals surface area contributed by atoms with Crippen LogP contribution >= 0.6 is 22.9 Å². The molecule has 1 aromatic heterocycles. The van der Waals surface area contributed by atoms with Crippen LogP contribution in [0.4, 0.5) is 0 Å². The smallest absolute Gasteiger partial charge is 0.125 e. The summed E-state index contributed by atoms with van der Waals surface area (Å²) in [6.45, 7) is 0. The van der Waals surface area contributed by atoms with E-state index in [0.717, 1.165) is 11.3 Å². The van der Waals surface area contributed by atoms with Crippen molar-refractivity contribution in [1.29, 1.82) is 0 Å². The molecule has 1 heterocycles. The van der Waals surface area contributed by atoms with Crippen molar-refractivity contribution >= 4 is 22.9 Å². The van der Waals surface area contributed by atoms with Crippen LogP contribution in [0, 0.1) is 0 Å². The lowest BCUT2D eigenvalue weighted by molar-refractivity contribution is 0.405. The maximum Gasteiger partial charge on any atom is 0.125 e. The average molecular weight is 268 g/mol. The molecule has 0 aliphatic rings. The molecule has 0 aliphatic carbocycles. The van der Waals surface area contributed by atoms with Crippen molar-refractivity contribution in [3.05, 3.63) is 51.2 Å². The third-order valence-electron chi connectivity index (χ3n) is 2.67. The monoisotopic (exact) mass is 267 g/mol. The van der Waals surface area contributed by atoms with Crippen molar-refractivity contribution in [3.8, 4) is 5.75 Å². The molecule has 2 nitrogen and oxygen atoms in total. The van der Waals surface area contributed by atoms with Crippen molar-refractivity contribution in [2.45, 2.75) is 6.04 Å². The Hall–Kier alpha value is -1.03. The van der Waals surface area contributed by atoms with Crippen LogP contribution in [-0.2, 0) is 0 Å². The first-order valence-corrected chi connectivity index (χ1v) is 6.61. The quantitative estimate of drug-likeness (QED) is 0.912. The van der Waals surface area contributed by atoms with E-state index in [1.807, 2.05) is 25.2 Å². The normalized spacial score (nSPS) is 12.4. The summed E-state index contributed by atoms with van der Waals surface area (Å²) < 4.78 is 5.39. The molecule has 0 saturated carbocycles. The molecule has 1 N–H and O–H groups in total. The molecule has 4 heteroatoms. The second-order valence-corrected chi connectivity index (χ2v) is 4.88. The summed E-state index contributed by atoms with van der Waals surface area (Å²) in [6.07, 6.45) is 0. The molecule has 0 spiro atoms. The second-order valence-electron chi connectivity index (χ2n) is 3.66. The van der Waals surface area contributed by atoms with E-state index < -0.39 is 0 Å². The number of hydrogen-bond acceptors (Lipinski definition) is 3. The molecule has 17 heavy (non-hydrogen) atoms. The molecule has 0 bridgehead atoms. The Labute approximate surface area is 110 Å². The highest BCUT2D eigenvalue weighted by Crippen LogP contribution is 2.32. The summed E-state index contributed by atoms with van der Waals surface area (Å²) in [5.41, 5.74) is 2.33. The molecule has 0 fully saturated rings. The zero-order chi connectivity index (χ0) is 12.3. The third kappa shape index (κ3) is 2.63. The van der Waals surface area contributed by atoms with Gasteiger partial charge in [-0.05, 0) is 41.6 Å².